The minimum Gasteiger partial charge on any atom is -0.493 e. The number of H-pyrrole nitrogens is 1. The van der Waals surface area contributed by atoms with Crippen molar-refractivity contribution in [2.45, 2.75) is 25.3 Å². The predicted molar refractivity (Wildman–Crippen MR) is 101 cm³/mol. The van der Waals surface area contributed by atoms with Gasteiger partial charge in [0.25, 0.3) is 0 Å². The maximum atomic E-state index is 13.4. The minimum absolute atomic E-state index is 0.243. The molecule has 6 nitrogen and oxygen atoms in total. The van der Waals surface area contributed by atoms with Crippen LogP contribution in [0.25, 0.3) is 11.0 Å². The van der Waals surface area contributed by atoms with Crippen LogP contribution in [-0.2, 0) is 6.54 Å². The van der Waals surface area contributed by atoms with E-state index < -0.39 is 0 Å². The summed E-state index contributed by atoms with van der Waals surface area (Å²) in [5, 5.41) is 0. The first-order valence-corrected chi connectivity index (χ1v) is 9.11. The van der Waals surface area contributed by atoms with E-state index in [0.29, 0.717) is 17.4 Å². The molecule has 0 bridgehead atoms. The van der Waals surface area contributed by atoms with Crippen LogP contribution < -0.4 is 9.47 Å². The van der Waals surface area contributed by atoms with E-state index in [-0.39, 0.29) is 5.82 Å². The molecule has 1 aromatic carbocycles. The van der Waals surface area contributed by atoms with Crippen molar-refractivity contribution in [1.29, 1.82) is 0 Å². The van der Waals surface area contributed by atoms with Crippen molar-refractivity contribution < 1.29 is 13.9 Å². The van der Waals surface area contributed by atoms with Crippen molar-refractivity contribution in [3.05, 3.63) is 47.8 Å². The average molecular weight is 370 g/mol. The Morgan fingerprint density at radius 3 is 2.74 bits per heavy atom. The van der Waals surface area contributed by atoms with E-state index in [0.717, 1.165) is 55.0 Å². The maximum Gasteiger partial charge on any atom is 0.183 e. The summed E-state index contributed by atoms with van der Waals surface area (Å²) in [6, 6.07) is 6.48. The maximum absolute atomic E-state index is 13.4. The monoisotopic (exact) mass is 370 g/mol. The number of halogens is 1. The van der Waals surface area contributed by atoms with Crippen LogP contribution in [0.5, 0.6) is 11.5 Å². The van der Waals surface area contributed by atoms with E-state index in [2.05, 4.69) is 19.9 Å². The number of ether oxygens (including phenoxy) is 2. The summed E-state index contributed by atoms with van der Waals surface area (Å²) in [6.45, 7) is 2.61. The zero-order valence-corrected chi connectivity index (χ0v) is 15.5. The number of nitrogens with zero attached hydrogens (tertiary/aromatic N) is 3. The van der Waals surface area contributed by atoms with Crippen LogP contribution in [-0.4, -0.2) is 47.2 Å². The highest BCUT2D eigenvalue weighted by Crippen LogP contribution is 2.32. The number of rotatable bonds is 5. The molecule has 0 amide bonds. The quantitative estimate of drug-likeness (QED) is 0.745. The molecule has 0 aliphatic carbocycles. The first-order valence-electron chi connectivity index (χ1n) is 9.11. The van der Waals surface area contributed by atoms with Gasteiger partial charge in [-0.05, 0) is 44.1 Å². The Bertz CT molecular complexity index is 935. The normalized spacial score (nSPS) is 16.0. The first kappa shape index (κ1) is 17.7. The minimum atomic E-state index is -0.243. The third-order valence-corrected chi connectivity index (χ3v) is 5.18. The summed E-state index contributed by atoms with van der Waals surface area (Å²) < 4.78 is 24.2. The van der Waals surface area contributed by atoms with E-state index in [1.807, 2.05) is 0 Å². The van der Waals surface area contributed by atoms with Gasteiger partial charge in [-0.2, -0.15) is 0 Å². The molecule has 0 atom stereocenters. The number of nitrogens with one attached hydrogen (secondary N) is 1. The van der Waals surface area contributed by atoms with Gasteiger partial charge in [-0.15, -0.1) is 0 Å². The molecule has 3 aromatic rings. The molecule has 2 aromatic heterocycles. The van der Waals surface area contributed by atoms with Crippen molar-refractivity contribution in [3.63, 3.8) is 0 Å². The van der Waals surface area contributed by atoms with Crippen LogP contribution in [0.1, 0.15) is 30.3 Å². The van der Waals surface area contributed by atoms with Gasteiger partial charge in [0.2, 0.25) is 0 Å². The van der Waals surface area contributed by atoms with E-state index in [1.54, 1.807) is 32.5 Å². The molecular formula is C20H23FN4O2. The van der Waals surface area contributed by atoms with Crippen molar-refractivity contribution in [1.82, 2.24) is 19.9 Å². The van der Waals surface area contributed by atoms with E-state index in [4.69, 9.17) is 9.47 Å². The van der Waals surface area contributed by atoms with Gasteiger partial charge in [-0.3, -0.25) is 9.88 Å². The molecule has 1 aliphatic heterocycles. The van der Waals surface area contributed by atoms with Crippen LogP contribution in [0.4, 0.5) is 4.39 Å². The van der Waals surface area contributed by atoms with Gasteiger partial charge in [0.1, 0.15) is 17.3 Å². The van der Waals surface area contributed by atoms with Gasteiger partial charge < -0.3 is 14.5 Å². The molecule has 4 rings (SSSR count). The molecular weight excluding hydrogens is 347 g/mol. The molecule has 1 aliphatic rings. The highest BCUT2D eigenvalue weighted by atomic mass is 19.1. The second kappa shape index (κ2) is 7.52. The zero-order valence-electron chi connectivity index (χ0n) is 15.5. The molecule has 0 radical (unpaired) electrons. The second-order valence-electron chi connectivity index (χ2n) is 6.83. The smallest absolute Gasteiger partial charge is 0.183 e. The Labute approximate surface area is 157 Å². The molecule has 1 N–H and O–H groups in total. The fraction of sp³-hybridized carbons (Fsp3) is 0.400. The summed E-state index contributed by atoms with van der Waals surface area (Å²) in [5.41, 5.74) is 2.46. The summed E-state index contributed by atoms with van der Waals surface area (Å²) >= 11 is 0. The number of aromatic amines is 1. The van der Waals surface area contributed by atoms with E-state index >= 15 is 0 Å². The van der Waals surface area contributed by atoms with Crippen LogP contribution in [0.15, 0.2) is 30.5 Å². The van der Waals surface area contributed by atoms with Crippen LogP contribution in [0.2, 0.25) is 0 Å². The molecule has 0 unspecified atom stereocenters. The molecule has 142 valence electrons. The molecule has 7 heteroatoms. The van der Waals surface area contributed by atoms with Gasteiger partial charge in [0, 0.05) is 24.7 Å². The lowest BCUT2D eigenvalue weighted by Gasteiger charge is -2.31. The number of likely N-dealkylation sites (tertiary alicyclic amines) is 1. The highest BCUT2D eigenvalue weighted by Gasteiger charge is 2.24. The standard InChI is InChI=1S/C20H23FN4O2/c1-26-18-5-8-22-17(19(18)27-2)12-25-9-6-13(7-10-25)20-23-15-4-3-14(21)11-16(15)24-20/h3-5,8,11,13H,6-7,9-10,12H2,1-2H3,(H,23,24). The van der Waals surface area contributed by atoms with Gasteiger partial charge in [0.15, 0.2) is 11.5 Å². The lowest BCUT2D eigenvalue weighted by atomic mass is 9.96. The van der Waals surface area contributed by atoms with Gasteiger partial charge >= 0.3 is 0 Å². The number of benzene rings is 1. The number of methoxy groups -OCH3 is 2. The van der Waals surface area contributed by atoms with Crippen molar-refractivity contribution in [2.75, 3.05) is 27.3 Å². The lowest BCUT2D eigenvalue weighted by Crippen LogP contribution is -2.33. The Morgan fingerprint density at radius 1 is 1.19 bits per heavy atom. The van der Waals surface area contributed by atoms with Crippen molar-refractivity contribution in [3.8, 4) is 11.5 Å². The fourth-order valence-corrected chi connectivity index (χ4v) is 3.73. The molecule has 3 heterocycles. The highest BCUT2D eigenvalue weighted by molar-refractivity contribution is 5.75. The van der Waals surface area contributed by atoms with Crippen LogP contribution in [0.3, 0.4) is 0 Å². The predicted octanol–water partition coefficient (Wildman–Crippen LogP) is 3.49. The molecule has 0 spiro atoms. The van der Waals surface area contributed by atoms with Crippen LogP contribution in [0, 0.1) is 5.82 Å². The molecule has 1 fully saturated rings. The molecule has 0 saturated carbocycles. The number of fused-ring (bicyclic) bond motifs is 1. The summed E-state index contributed by atoms with van der Waals surface area (Å²) in [5.74, 6) is 2.46. The lowest BCUT2D eigenvalue weighted by molar-refractivity contribution is 0.197. The number of imidazole rings is 1. The Morgan fingerprint density at radius 2 is 2.00 bits per heavy atom. The van der Waals surface area contributed by atoms with Gasteiger partial charge in [-0.25, -0.2) is 9.37 Å². The Kier molecular flexibility index (Phi) is 4.94. The Hall–Kier alpha value is -2.67. The number of pyridine rings is 1. The topological polar surface area (TPSA) is 63.3 Å². The largest absolute Gasteiger partial charge is 0.493 e. The summed E-state index contributed by atoms with van der Waals surface area (Å²) in [7, 11) is 3.27. The van der Waals surface area contributed by atoms with Crippen molar-refractivity contribution in [2.24, 2.45) is 0 Å². The third kappa shape index (κ3) is 3.60. The van der Waals surface area contributed by atoms with Gasteiger partial charge in [-0.1, -0.05) is 0 Å². The summed E-state index contributed by atoms with van der Waals surface area (Å²) in [6.07, 6.45) is 3.74. The third-order valence-electron chi connectivity index (χ3n) is 5.18. The molecule has 1 saturated heterocycles. The number of hydrogen-bond donors (Lipinski definition) is 1. The number of hydrogen-bond acceptors (Lipinski definition) is 5. The molecule has 27 heavy (non-hydrogen) atoms. The fourth-order valence-electron chi connectivity index (χ4n) is 3.73. The van der Waals surface area contributed by atoms with Gasteiger partial charge in [0.05, 0.1) is 25.3 Å². The zero-order chi connectivity index (χ0) is 18.8. The van der Waals surface area contributed by atoms with E-state index in [1.165, 1.54) is 12.1 Å². The Balaban J connectivity index is 1.43. The van der Waals surface area contributed by atoms with Crippen molar-refractivity contribution >= 4 is 11.0 Å². The van der Waals surface area contributed by atoms with E-state index in [9.17, 15) is 4.39 Å². The first-order chi connectivity index (χ1) is 13.2. The summed E-state index contributed by atoms with van der Waals surface area (Å²) in [4.78, 5) is 14.8. The SMILES string of the molecule is COc1ccnc(CN2CCC(c3nc4ccc(F)cc4[nH]3)CC2)c1OC. The number of piperidine rings is 1. The second-order valence-corrected chi connectivity index (χ2v) is 6.83. The van der Waals surface area contributed by atoms with Crippen LogP contribution >= 0.6 is 0 Å². The number of aromatic nitrogens is 3. The average Bonchev–Trinajstić information content (AvgIpc) is 3.11.